The number of hydrogen-bond donors (Lipinski definition) is 0. The number of carbonyl (C=O) groups excluding carboxylic acids is 1. The van der Waals surface area contributed by atoms with E-state index < -0.39 is 18.1 Å². The van der Waals surface area contributed by atoms with Crippen molar-refractivity contribution in [2.24, 2.45) is 5.92 Å². The second kappa shape index (κ2) is 5.18. The highest BCUT2D eigenvalue weighted by Gasteiger charge is 2.43. The quantitative estimate of drug-likeness (QED) is 0.825. The van der Waals surface area contributed by atoms with E-state index in [-0.39, 0.29) is 18.9 Å². The van der Waals surface area contributed by atoms with Crippen LogP contribution in [0.5, 0.6) is 0 Å². The summed E-state index contributed by atoms with van der Waals surface area (Å²) in [5.41, 5.74) is 0. The number of alkyl halides is 3. The van der Waals surface area contributed by atoms with E-state index >= 15 is 0 Å². The van der Waals surface area contributed by atoms with Gasteiger partial charge >= 0.3 is 6.18 Å². The van der Waals surface area contributed by atoms with Gasteiger partial charge in [0.25, 0.3) is 0 Å². The van der Waals surface area contributed by atoms with Gasteiger partial charge in [-0.2, -0.15) is 18.3 Å². The molecule has 2 heterocycles. The van der Waals surface area contributed by atoms with Gasteiger partial charge < -0.3 is 4.90 Å². The van der Waals surface area contributed by atoms with Crippen LogP contribution in [0.2, 0.25) is 0 Å². The monoisotopic (exact) mass is 276 g/mol. The number of rotatable bonds is 2. The Bertz CT molecular complexity index is 432. The van der Waals surface area contributed by atoms with Crippen molar-refractivity contribution in [3.05, 3.63) is 12.7 Å². The Morgan fingerprint density at radius 3 is 2.79 bits per heavy atom. The molecule has 8 heteroatoms. The van der Waals surface area contributed by atoms with Gasteiger partial charge in [0.05, 0.1) is 5.92 Å². The molecule has 0 aliphatic carbocycles. The molecule has 1 aromatic heterocycles. The minimum atomic E-state index is -4.24. The minimum Gasteiger partial charge on any atom is -0.340 e. The summed E-state index contributed by atoms with van der Waals surface area (Å²) in [4.78, 5) is 17.1. The van der Waals surface area contributed by atoms with Gasteiger partial charge in [0, 0.05) is 13.1 Å². The lowest BCUT2D eigenvalue weighted by Gasteiger charge is -2.35. The molecule has 0 N–H and O–H groups in total. The molecule has 1 saturated heterocycles. The number of carbonyl (C=O) groups is 1. The van der Waals surface area contributed by atoms with Gasteiger partial charge in [-0.25, -0.2) is 9.67 Å². The number of amides is 1. The topological polar surface area (TPSA) is 51.0 Å². The predicted octanol–water partition coefficient (Wildman–Crippen LogP) is 1.64. The van der Waals surface area contributed by atoms with Crippen LogP contribution in [0.15, 0.2) is 12.7 Å². The summed E-state index contributed by atoms with van der Waals surface area (Å²) in [7, 11) is 0. The van der Waals surface area contributed by atoms with E-state index in [4.69, 9.17) is 0 Å². The first-order valence-electron chi connectivity index (χ1n) is 6.09. The fourth-order valence-corrected chi connectivity index (χ4v) is 2.24. The predicted molar refractivity (Wildman–Crippen MR) is 60.1 cm³/mol. The molecule has 0 unspecified atom stereocenters. The van der Waals surface area contributed by atoms with Crippen molar-refractivity contribution in [3.8, 4) is 0 Å². The van der Waals surface area contributed by atoms with E-state index in [0.29, 0.717) is 13.0 Å². The summed E-state index contributed by atoms with van der Waals surface area (Å²) in [6.45, 7) is 1.71. The number of aromatic nitrogens is 3. The Hall–Kier alpha value is -1.60. The van der Waals surface area contributed by atoms with E-state index in [9.17, 15) is 18.0 Å². The average Bonchev–Trinajstić information content (AvgIpc) is 2.90. The Balaban J connectivity index is 2.03. The lowest BCUT2D eigenvalue weighted by molar-refractivity contribution is -0.188. The van der Waals surface area contributed by atoms with Crippen LogP contribution in [0.4, 0.5) is 13.2 Å². The summed E-state index contributed by atoms with van der Waals surface area (Å²) in [5, 5.41) is 3.84. The maximum absolute atomic E-state index is 12.7. The first-order valence-corrected chi connectivity index (χ1v) is 6.09. The summed E-state index contributed by atoms with van der Waals surface area (Å²) >= 11 is 0. The fraction of sp³-hybridized carbons (Fsp3) is 0.727. The molecule has 2 atom stereocenters. The van der Waals surface area contributed by atoms with E-state index in [1.807, 2.05) is 0 Å². The molecule has 0 saturated carbocycles. The number of piperidine rings is 1. The third-order valence-electron chi connectivity index (χ3n) is 3.39. The van der Waals surface area contributed by atoms with Crippen LogP contribution in [0.25, 0.3) is 0 Å². The maximum Gasteiger partial charge on any atom is 0.393 e. The standard InChI is InChI=1S/C11H15F3N4O/c1-8(18-7-15-6-16-18)10(19)17-4-2-3-9(5-17)11(12,13)14/h6-9H,2-5H2,1H3/t8-,9+/m1/s1. The SMILES string of the molecule is C[C@H](C(=O)N1CCC[C@H](C(F)(F)F)C1)n1cncn1. The molecule has 5 nitrogen and oxygen atoms in total. The summed E-state index contributed by atoms with van der Waals surface area (Å²) in [5.74, 6) is -1.77. The summed E-state index contributed by atoms with van der Waals surface area (Å²) in [6.07, 6.45) is -1.10. The largest absolute Gasteiger partial charge is 0.393 e. The molecule has 0 aromatic carbocycles. The Labute approximate surface area is 108 Å². The summed E-state index contributed by atoms with van der Waals surface area (Å²) in [6, 6.07) is -0.630. The molecule has 2 rings (SSSR count). The molecule has 0 radical (unpaired) electrons. The zero-order valence-corrected chi connectivity index (χ0v) is 10.5. The van der Waals surface area contributed by atoms with Crippen LogP contribution >= 0.6 is 0 Å². The Morgan fingerprint density at radius 1 is 1.47 bits per heavy atom. The number of hydrogen-bond acceptors (Lipinski definition) is 3. The normalized spacial score (nSPS) is 22.3. The van der Waals surface area contributed by atoms with Gasteiger partial charge in [-0.15, -0.1) is 0 Å². The third kappa shape index (κ3) is 3.05. The van der Waals surface area contributed by atoms with E-state index in [1.54, 1.807) is 6.92 Å². The highest BCUT2D eigenvalue weighted by atomic mass is 19.4. The average molecular weight is 276 g/mol. The van der Waals surface area contributed by atoms with Crippen LogP contribution in [0, 0.1) is 5.92 Å². The van der Waals surface area contributed by atoms with Crippen molar-refractivity contribution >= 4 is 5.91 Å². The number of likely N-dealkylation sites (tertiary alicyclic amines) is 1. The first-order chi connectivity index (χ1) is 8.89. The minimum absolute atomic E-state index is 0.0883. The third-order valence-corrected chi connectivity index (χ3v) is 3.39. The van der Waals surface area contributed by atoms with Crippen molar-refractivity contribution in [2.75, 3.05) is 13.1 Å². The smallest absolute Gasteiger partial charge is 0.340 e. The van der Waals surface area contributed by atoms with Crippen molar-refractivity contribution in [2.45, 2.75) is 32.0 Å². The van der Waals surface area contributed by atoms with Gasteiger partial charge in [0.2, 0.25) is 5.91 Å². The molecule has 1 amide bonds. The molecule has 106 valence electrons. The Morgan fingerprint density at radius 2 is 2.21 bits per heavy atom. The number of nitrogens with zero attached hydrogens (tertiary/aromatic N) is 4. The molecular weight excluding hydrogens is 261 g/mol. The molecule has 1 aliphatic heterocycles. The lowest BCUT2D eigenvalue weighted by atomic mass is 9.97. The second-order valence-electron chi connectivity index (χ2n) is 4.72. The van der Waals surface area contributed by atoms with Crippen molar-refractivity contribution in [3.63, 3.8) is 0 Å². The highest BCUT2D eigenvalue weighted by Crippen LogP contribution is 2.33. The molecule has 19 heavy (non-hydrogen) atoms. The zero-order valence-electron chi connectivity index (χ0n) is 10.5. The van der Waals surface area contributed by atoms with Crippen LogP contribution in [0.3, 0.4) is 0 Å². The van der Waals surface area contributed by atoms with Crippen LogP contribution < -0.4 is 0 Å². The lowest BCUT2D eigenvalue weighted by Crippen LogP contribution is -2.46. The maximum atomic E-state index is 12.7. The molecular formula is C11H15F3N4O. The van der Waals surface area contributed by atoms with Crippen LogP contribution in [0.1, 0.15) is 25.8 Å². The molecule has 1 aliphatic rings. The van der Waals surface area contributed by atoms with Crippen molar-refractivity contribution < 1.29 is 18.0 Å². The van der Waals surface area contributed by atoms with Crippen LogP contribution in [-0.2, 0) is 4.79 Å². The molecule has 1 fully saturated rings. The van der Waals surface area contributed by atoms with Gasteiger partial charge in [-0.05, 0) is 19.8 Å². The van der Waals surface area contributed by atoms with E-state index in [1.165, 1.54) is 22.2 Å². The fourth-order valence-electron chi connectivity index (χ4n) is 2.24. The first kappa shape index (κ1) is 13.8. The zero-order chi connectivity index (χ0) is 14.0. The van der Waals surface area contributed by atoms with Crippen molar-refractivity contribution in [1.29, 1.82) is 0 Å². The van der Waals surface area contributed by atoms with Crippen LogP contribution in [-0.4, -0.2) is 44.8 Å². The second-order valence-corrected chi connectivity index (χ2v) is 4.72. The van der Waals surface area contributed by atoms with Gasteiger partial charge in [0.15, 0.2) is 0 Å². The van der Waals surface area contributed by atoms with E-state index in [0.717, 1.165) is 0 Å². The van der Waals surface area contributed by atoms with Gasteiger partial charge in [0.1, 0.15) is 18.7 Å². The Kier molecular flexibility index (Phi) is 3.77. The highest BCUT2D eigenvalue weighted by molar-refractivity contribution is 5.80. The molecule has 1 aromatic rings. The van der Waals surface area contributed by atoms with Gasteiger partial charge in [-0.3, -0.25) is 4.79 Å². The molecule has 0 bridgehead atoms. The van der Waals surface area contributed by atoms with Crippen molar-refractivity contribution in [1.82, 2.24) is 19.7 Å². The summed E-state index contributed by atoms with van der Waals surface area (Å²) < 4.78 is 39.4. The van der Waals surface area contributed by atoms with E-state index in [2.05, 4.69) is 10.1 Å². The molecule has 0 spiro atoms. The van der Waals surface area contributed by atoms with Gasteiger partial charge in [-0.1, -0.05) is 0 Å². The number of halogens is 3.